The quantitative estimate of drug-likeness (QED) is 0.411. The van der Waals surface area contributed by atoms with E-state index in [1.165, 1.54) is 11.1 Å². The summed E-state index contributed by atoms with van der Waals surface area (Å²) in [7, 11) is 5.43. The zero-order valence-corrected chi connectivity index (χ0v) is 7.15. The Hall–Kier alpha value is -0.455. The molecule has 0 N–H and O–H groups in total. The van der Waals surface area contributed by atoms with Crippen molar-refractivity contribution >= 4 is 7.85 Å². The highest BCUT2D eigenvalue weighted by molar-refractivity contribution is 6.10. The van der Waals surface area contributed by atoms with Crippen LogP contribution >= 0.6 is 0 Å². The largest absolute Gasteiger partial charge is 0.0845 e. The van der Waals surface area contributed by atoms with E-state index < -0.39 is 0 Å². The van der Waals surface area contributed by atoms with Crippen molar-refractivity contribution in [2.45, 2.75) is 33.5 Å². The highest BCUT2D eigenvalue weighted by atomic mass is 13.9. The number of rotatable bonds is 3. The van der Waals surface area contributed by atoms with E-state index in [-0.39, 0.29) is 0 Å². The van der Waals surface area contributed by atoms with Gasteiger partial charge in [0.1, 0.15) is 0 Å². The minimum absolute atomic E-state index is 0.664. The second kappa shape index (κ2) is 5.34. The highest BCUT2D eigenvalue weighted by Gasteiger charge is 1.87. The van der Waals surface area contributed by atoms with Crippen molar-refractivity contribution < 1.29 is 0 Å². The van der Waals surface area contributed by atoms with Crippen LogP contribution in [-0.4, -0.2) is 7.85 Å². The Kier molecular flexibility index (Phi) is 5.10. The minimum atomic E-state index is 0.664. The van der Waals surface area contributed by atoms with Crippen molar-refractivity contribution in [2.75, 3.05) is 0 Å². The fourth-order valence-corrected chi connectivity index (χ4v) is 0.765. The Balaban J connectivity index is 4.08. The molecule has 0 unspecified atom stereocenters. The van der Waals surface area contributed by atoms with Crippen LogP contribution in [0.5, 0.6) is 0 Å². The van der Waals surface area contributed by atoms with E-state index in [1.54, 1.807) is 0 Å². The minimum Gasteiger partial charge on any atom is -0.0845 e. The monoisotopic (exact) mass is 134 g/mol. The summed E-state index contributed by atoms with van der Waals surface area (Å²) in [4.78, 5) is 0. The normalized spacial score (nSPS) is 13.9. The van der Waals surface area contributed by atoms with Gasteiger partial charge < -0.3 is 0 Å². The van der Waals surface area contributed by atoms with Crippen LogP contribution in [0.2, 0.25) is 6.32 Å². The molecule has 0 spiro atoms. The molecule has 0 aromatic heterocycles. The summed E-state index contributed by atoms with van der Waals surface area (Å²) in [6.45, 7) is 6.26. The van der Waals surface area contributed by atoms with Gasteiger partial charge in [0.25, 0.3) is 0 Å². The molecule has 0 atom stereocenters. The first-order valence-corrected chi connectivity index (χ1v) is 3.77. The summed E-state index contributed by atoms with van der Waals surface area (Å²) in [5.74, 6) is 0. The Morgan fingerprint density at radius 1 is 1.50 bits per heavy atom. The molecule has 0 saturated carbocycles. The smallest absolute Gasteiger partial charge is 0.0712 e. The molecule has 0 fully saturated rings. The highest BCUT2D eigenvalue weighted by Crippen LogP contribution is 2.07. The third kappa shape index (κ3) is 3.55. The van der Waals surface area contributed by atoms with Crippen LogP contribution in [-0.2, 0) is 0 Å². The third-order valence-electron chi connectivity index (χ3n) is 1.53. The SMILES string of the molecule is [B]CC(C)=CC(=CC)CC. The summed E-state index contributed by atoms with van der Waals surface area (Å²) in [6, 6.07) is 0. The van der Waals surface area contributed by atoms with E-state index in [0.29, 0.717) is 6.32 Å². The molecule has 2 radical (unpaired) electrons. The Labute approximate surface area is 65.4 Å². The number of hydrogen-bond acceptors (Lipinski definition) is 0. The molecular formula is C9H15B. The van der Waals surface area contributed by atoms with Gasteiger partial charge in [-0.2, -0.15) is 0 Å². The van der Waals surface area contributed by atoms with Gasteiger partial charge >= 0.3 is 0 Å². The Morgan fingerprint density at radius 2 is 2.10 bits per heavy atom. The van der Waals surface area contributed by atoms with E-state index in [1.807, 2.05) is 0 Å². The van der Waals surface area contributed by atoms with Gasteiger partial charge in [-0.3, -0.25) is 0 Å². The van der Waals surface area contributed by atoms with Gasteiger partial charge in [-0.05, 0) is 20.3 Å². The van der Waals surface area contributed by atoms with Crippen molar-refractivity contribution in [3.63, 3.8) is 0 Å². The second-order valence-corrected chi connectivity index (χ2v) is 2.41. The third-order valence-corrected chi connectivity index (χ3v) is 1.53. The van der Waals surface area contributed by atoms with Crippen LogP contribution < -0.4 is 0 Å². The molecule has 1 heteroatoms. The molecule has 0 aromatic carbocycles. The fraction of sp³-hybridized carbons (Fsp3) is 0.556. The molecular weight excluding hydrogens is 119 g/mol. The van der Waals surface area contributed by atoms with E-state index in [2.05, 4.69) is 32.9 Å². The molecule has 10 heavy (non-hydrogen) atoms. The standard InChI is InChI=1S/C9H15B/c1-4-9(5-2)6-8(3)7-10/h4,6H,5,7H2,1-3H3. The van der Waals surface area contributed by atoms with Crippen molar-refractivity contribution in [1.29, 1.82) is 0 Å². The topological polar surface area (TPSA) is 0 Å². The van der Waals surface area contributed by atoms with Crippen LogP contribution in [0.3, 0.4) is 0 Å². The van der Waals surface area contributed by atoms with Gasteiger partial charge in [0, 0.05) is 0 Å². The van der Waals surface area contributed by atoms with Crippen LogP contribution in [0.25, 0.3) is 0 Å². The molecule has 0 saturated heterocycles. The van der Waals surface area contributed by atoms with Crippen LogP contribution in [0, 0.1) is 0 Å². The molecule has 0 aliphatic rings. The Bertz CT molecular complexity index is 143. The van der Waals surface area contributed by atoms with Gasteiger partial charge in [-0.1, -0.05) is 36.5 Å². The van der Waals surface area contributed by atoms with Crippen molar-refractivity contribution in [2.24, 2.45) is 0 Å². The van der Waals surface area contributed by atoms with Crippen LogP contribution in [0.15, 0.2) is 23.3 Å². The Morgan fingerprint density at radius 3 is 2.40 bits per heavy atom. The molecule has 54 valence electrons. The summed E-state index contributed by atoms with van der Waals surface area (Å²) in [6.07, 6.45) is 6.03. The molecule has 0 amide bonds. The molecule has 0 nitrogen and oxygen atoms in total. The summed E-state index contributed by atoms with van der Waals surface area (Å²) < 4.78 is 0. The first-order chi connectivity index (χ1) is 4.74. The van der Waals surface area contributed by atoms with Gasteiger partial charge in [0.15, 0.2) is 0 Å². The summed E-state index contributed by atoms with van der Waals surface area (Å²) in [5.41, 5.74) is 2.61. The molecule has 0 bridgehead atoms. The summed E-state index contributed by atoms with van der Waals surface area (Å²) >= 11 is 0. The first-order valence-electron chi connectivity index (χ1n) is 3.77. The van der Waals surface area contributed by atoms with E-state index >= 15 is 0 Å². The second-order valence-electron chi connectivity index (χ2n) is 2.41. The van der Waals surface area contributed by atoms with Crippen molar-refractivity contribution in [3.05, 3.63) is 23.3 Å². The average molecular weight is 134 g/mol. The van der Waals surface area contributed by atoms with Crippen LogP contribution in [0.1, 0.15) is 27.2 Å². The van der Waals surface area contributed by atoms with Crippen molar-refractivity contribution in [3.8, 4) is 0 Å². The zero-order valence-electron chi connectivity index (χ0n) is 7.15. The van der Waals surface area contributed by atoms with Gasteiger partial charge in [-0.15, -0.1) is 0 Å². The maximum absolute atomic E-state index is 5.43. The lowest BCUT2D eigenvalue weighted by Crippen LogP contribution is -1.78. The molecule has 0 aromatic rings. The predicted molar refractivity (Wildman–Crippen MR) is 48.4 cm³/mol. The molecule has 0 aliphatic heterocycles. The molecule has 0 rings (SSSR count). The predicted octanol–water partition coefficient (Wildman–Crippen LogP) is 2.88. The first kappa shape index (κ1) is 9.54. The van der Waals surface area contributed by atoms with Crippen LogP contribution in [0.4, 0.5) is 0 Å². The van der Waals surface area contributed by atoms with E-state index in [9.17, 15) is 0 Å². The lowest BCUT2D eigenvalue weighted by atomic mass is 9.96. The fourth-order valence-electron chi connectivity index (χ4n) is 0.765. The average Bonchev–Trinajstić information content (AvgIpc) is 1.99. The van der Waals surface area contributed by atoms with Crippen molar-refractivity contribution in [1.82, 2.24) is 0 Å². The maximum atomic E-state index is 5.43. The number of allylic oxidation sites excluding steroid dienone is 4. The van der Waals surface area contributed by atoms with Gasteiger partial charge in [0.05, 0.1) is 7.85 Å². The van der Waals surface area contributed by atoms with E-state index in [0.717, 1.165) is 6.42 Å². The summed E-state index contributed by atoms with van der Waals surface area (Å²) in [5, 5.41) is 0. The molecule has 0 aliphatic carbocycles. The maximum Gasteiger partial charge on any atom is 0.0712 e. The van der Waals surface area contributed by atoms with Gasteiger partial charge in [0.2, 0.25) is 0 Å². The lowest BCUT2D eigenvalue weighted by molar-refractivity contribution is 1.13. The van der Waals surface area contributed by atoms with Gasteiger partial charge in [-0.25, -0.2) is 0 Å². The molecule has 0 heterocycles. The van der Waals surface area contributed by atoms with E-state index in [4.69, 9.17) is 7.85 Å². The zero-order chi connectivity index (χ0) is 7.98. The number of hydrogen-bond donors (Lipinski definition) is 0. The lowest BCUT2D eigenvalue weighted by Gasteiger charge is -1.97.